The number of hydrogen-bond donors (Lipinski definition) is 2. The molecular formula is C17H13ClN2O3. The maximum absolute atomic E-state index is 11.2. The van der Waals surface area contributed by atoms with Gasteiger partial charge in [0.05, 0.1) is 12.2 Å². The summed E-state index contributed by atoms with van der Waals surface area (Å²) in [5, 5.41) is 23.6. The number of benzene rings is 2. The molecule has 0 aliphatic carbocycles. The molecule has 116 valence electrons. The Morgan fingerprint density at radius 2 is 1.91 bits per heavy atom. The van der Waals surface area contributed by atoms with E-state index in [1.165, 1.54) is 6.07 Å². The molecule has 3 aromatic rings. The van der Waals surface area contributed by atoms with Gasteiger partial charge in [0, 0.05) is 10.6 Å². The predicted molar refractivity (Wildman–Crippen MR) is 86.8 cm³/mol. The van der Waals surface area contributed by atoms with Crippen LogP contribution in [0.25, 0.3) is 11.3 Å². The van der Waals surface area contributed by atoms with Gasteiger partial charge in [-0.05, 0) is 29.8 Å². The molecule has 0 saturated carbocycles. The number of halogens is 1. The van der Waals surface area contributed by atoms with E-state index in [0.29, 0.717) is 22.8 Å². The van der Waals surface area contributed by atoms with Crippen molar-refractivity contribution in [2.75, 3.05) is 0 Å². The van der Waals surface area contributed by atoms with Crippen LogP contribution >= 0.6 is 11.6 Å². The molecule has 0 radical (unpaired) electrons. The first-order chi connectivity index (χ1) is 11.0. The lowest BCUT2D eigenvalue weighted by atomic mass is 10.1. The van der Waals surface area contributed by atoms with Crippen molar-refractivity contribution >= 4 is 17.6 Å². The van der Waals surface area contributed by atoms with Crippen LogP contribution in [0.4, 0.5) is 0 Å². The van der Waals surface area contributed by atoms with E-state index in [2.05, 4.69) is 5.10 Å². The topological polar surface area (TPSA) is 75.3 Å². The summed E-state index contributed by atoms with van der Waals surface area (Å²) in [6.07, 6.45) is 0. The summed E-state index contributed by atoms with van der Waals surface area (Å²) in [6.45, 7) is 0.331. The number of aromatic carboxylic acids is 1. The largest absolute Gasteiger partial charge is 0.508 e. The number of phenolic OH excluding ortho intramolecular Hbond substituents is 1. The minimum Gasteiger partial charge on any atom is -0.508 e. The van der Waals surface area contributed by atoms with E-state index in [1.807, 2.05) is 18.2 Å². The second kappa shape index (κ2) is 6.14. The highest BCUT2D eigenvalue weighted by Crippen LogP contribution is 2.26. The third-order valence-electron chi connectivity index (χ3n) is 3.42. The van der Waals surface area contributed by atoms with Crippen LogP contribution in [0.3, 0.4) is 0 Å². The normalized spacial score (nSPS) is 10.7. The van der Waals surface area contributed by atoms with Crippen LogP contribution in [0.1, 0.15) is 16.1 Å². The van der Waals surface area contributed by atoms with Crippen molar-refractivity contribution in [3.63, 3.8) is 0 Å². The van der Waals surface area contributed by atoms with Crippen molar-refractivity contribution in [1.29, 1.82) is 0 Å². The third-order valence-corrected chi connectivity index (χ3v) is 3.79. The van der Waals surface area contributed by atoms with E-state index in [4.69, 9.17) is 11.6 Å². The molecule has 0 atom stereocenters. The Balaban J connectivity index is 2.08. The van der Waals surface area contributed by atoms with Gasteiger partial charge in [0.25, 0.3) is 0 Å². The van der Waals surface area contributed by atoms with Gasteiger partial charge in [0.2, 0.25) is 0 Å². The lowest BCUT2D eigenvalue weighted by Crippen LogP contribution is -2.06. The van der Waals surface area contributed by atoms with Crippen LogP contribution in [0.5, 0.6) is 5.75 Å². The number of nitrogens with zero attached hydrogens (tertiary/aromatic N) is 2. The van der Waals surface area contributed by atoms with E-state index < -0.39 is 5.97 Å². The van der Waals surface area contributed by atoms with Crippen molar-refractivity contribution < 1.29 is 15.0 Å². The Labute approximate surface area is 137 Å². The minimum atomic E-state index is -1.11. The zero-order valence-corrected chi connectivity index (χ0v) is 12.7. The number of carbonyl (C=O) groups is 1. The van der Waals surface area contributed by atoms with Gasteiger partial charge in [-0.3, -0.25) is 4.68 Å². The summed E-state index contributed by atoms with van der Waals surface area (Å²) >= 11 is 6.17. The zero-order valence-electron chi connectivity index (χ0n) is 12.0. The van der Waals surface area contributed by atoms with Gasteiger partial charge in [-0.1, -0.05) is 41.9 Å². The van der Waals surface area contributed by atoms with Crippen molar-refractivity contribution in [2.24, 2.45) is 0 Å². The fraction of sp³-hybridized carbons (Fsp3) is 0.0588. The average molecular weight is 329 g/mol. The van der Waals surface area contributed by atoms with Crippen LogP contribution in [-0.4, -0.2) is 26.0 Å². The maximum Gasteiger partial charge on any atom is 0.356 e. The lowest BCUT2D eigenvalue weighted by Gasteiger charge is -2.09. The molecule has 3 rings (SSSR count). The fourth-order valence-corrected chi connectivity index (χ4v) is 2.52. The molecule has 1 aromatic heterocycles. The fourth-order valence-electron chi connectivity index (χ4n) is 2.33. The molecular weight excluding hydrogens is 316 g/mol. The van der Waals surface area contributed by atoms with Gasteiger partial charge in [-0.25, -0.2) is 4.79 Å². The lowest BCUT2D eigenvalue weighted by molar-refractivity contribution is 0.0689. The molecule has 6 heteroatoms. The minimum absolute atomic E-state index is 0.0598. The predicted octanol–water partition coefficient (Wildman–Crippen LogP) is 3.66. The second-order valence-electron chi connectivity index (χ2n) is 5.02. The molecule has 0 unspecified atom stereocenters. The maximum atomic E-state index is 11.2. The summed E-state index contributed by atoms with van der Waals surface area (Å²) in [7, 11) is 0. The summed E-state index contributed by atoms with van der Waals surface area (Å²) in [5.41, 5.74) is 2.04. The average Bonchev–Trinajstić information content (AvgIpc) is 2.94. The standard InChI is InChI=1S/C17H13ClN2O3/c18-14-7-2-1-4-12(14)10-20-16(9-15(19-20)17(22)23)11-5-3-6-13(21)8-11/h1-9,21H,10H2,(H,22,23). The van der Waals surface area contributed by atoms with E-state index >= 15 is 0 Å². The number of aromatic nitrogens is 2. The number of carboxylic acid groups (broad SMARTS) is 1. The molecule has 0 aliphatic rings. The summed E-state index contributed by atoms with van der Waals surface area (Å²) < 4.78 is 1.57. The molecule has 0 bridgehead atoms. The summed E-state index contributed by atoms with van der Waals surface area (Å²) in [5.74, 6) is -1.01. The highest BCUT2D eigenvalue weighted by atomic mass is 35.5. The second-order valence-corrected chi connectivity index (χ2v) is 5.43. The molecule has 5 nitrogen and oxygen atoms in total. The van der Waals surface area contributed by atoms with Crippen molar-refractivity contribution in [3.05, 3.63) is 70.9 Å². The molecule has 0 amide bonds. The Bertz CT molecular complexity index is 874. The molecule has 2 N–H and O–H groups in total. The van der Waals surface area contributed by atoms with E-state index in [1.54, 1.807) is 35.0 Å². The van der Waals surface area contributed by atoms with Crippen LogP contribution in [0, 0.1) is 0 Å². The summed E-state index contributed by atoms with van der Waals surface area (Å²) in [4.78, 5) is 11.2. The molecule has 23 heavy (non-hydrogen) atoms. The van der Waals surface area contributed by atoms with Gasteiger partial charge in [0.1, 0.15) is 5.75 Å². The molecule has 0 fully saturated rings. The zero-order chi connectivity index (χ0) is 16.4. The van der Waals surface area contributed by atoms with Crippen LogP contribution in [0.2, 0.25) is 5.02 Å². The molecule has 2 aromatic carbocycles. The van der Waals surface area contributed by atoms with Crippen molar-refractivity contribution in [1.82, 2.24) is 9.78 Å². The van der Waals surface area contributed by atoms with Gasteiger partial charge in [0.15, 0.2) is 5.69 Å². The van der Waals surface area contributed by atoms with Gasteiger partial charge in [-0.15, -0.1) is 0 Å². The highest BCUT2D eigenvalue weighted by molar-refractivity contribution is 6.31. The summed E-state index contributed by atoms with van der Waals surface area (Å²) in [6, 6.07) is 15.4. The van der Waals surface area contributed by atoms with Crippen LogP contribution < -0.4 is 0 Å². The van der Waals surface area contributed by atoms with Crippen molar-refractivity contribution in [2.45, 2.75) is 6.54 Å². The third kappa shape index (κ3) is 3.19. The van der Waals surface area contributed by atoms with Gasteiger partial charge < -0.3 is 10.2 Å². The van der Waals surface area contributed by atoms with E-state index in [0.717, 1.165) is 5.56 Å². The Morgan fingerprint density at radius 3 is 2.61 bits per heavy atom. The molecule has 0 saturated heterocycles. The van der Waals surface area contributed by atoms with E-state index in [-0.39, 0.29) is 11.4 Å². The number of carboxylic acids is 1. The number of aromatic hydroxyl groups is 1. The first kappa shape index (κ1) is 15.1. The number of hydrogen-bond acceptors (Lipinski definition) is 3. The van der Waals surface area contributed by atoms with Crippen molar-refractivity contribution in [3.8, 4) is 17.0 Å². The highest BCUT2D eigenvalue weighted by Gasteiger charge is 2.16. The smallest absolute Gasteiger partial charge is 0.356 e. The van der Waals surface area contributed by atoms with E-state index in [9.17, 15) is 15.0 Å². The first-order valence-electron chi connectivity index (χ1n) is 6.88. The van der Waals surface area contributed by atoms with Crippen LogP contribution in [-0.2, 0) is 6.54 Å². The van der Waals surface area contributed by atoms with Gasteiger partial charge >= 0.3 is 5.97 Å². The monoisotopic (exact) mass is 328 g/mol. The van der Waals surface area contributed by atoms with Crippen LogP contribution in [0.15, 0.2) is 54.6 Å². The molecule has 0 aliphatic heterocycles. The Hall–Kier alpha value is -2.79. The number of phenols is 1. The Kier molecular flexibility index (Phi) is 4.04. The quantitative estimate of drug-likeness (QED) is 0.766. The van der Waals surface area contributed by atoms with Gasteiger partial charge in [-0.2, -0.15) is 5.10 Å². The molecule has 1 heterocycles. The number of rotatable bonds is 4. The Morgan fingerprint density at radius 1 is 1.13 bits per heavy atom. The molecule has 0 spiro atoms. The SMILES string of the molecule is O=C(O)c1cc(-c2cccc(O)c2)n(Cc2ccccc2Cl)n1. The first-order valence-corrected chi connectivity index (χ1v) is 7.26.